The maximum Gasteiger partial charge on any atom is 0.0224 e. The summed E-state index contributed by atoms with van der Waals surface area (Å²) in [6, 6.07) is 0.644. The smallest absolute Gasteiger partial charge is 0.0224 e. The van der Waals surface area contributed by atoms with Crippen molar-refractivity contribution >= 4 is 0 Å². The maximum absolute atomic E-state index is 5.55. The van der Waals surface area contributed by atoms with Gasteiger partial charge >= 0.3 is 0 Å². The van der Waals surface area contributed by atoms with Crippen molar-refractivity contribution in [3.63, 3.8) is 0 Å². The number of hydrogen-bond donors (Lipinski definition) is 2. The lowest BCUT2D eigenvalue weighted by molar-refractivity contribution is 0.498. The molecule has 0 amide bonds. The minimum absolute atomic E-state index is 0.644. The van der Waals surface area contributed by atoms with Gasteiger partial charge in [0.25, 0.3) is 0 Å². The Bertz CT molecular complexity index is 124. The Morgan fingerprint density at radius 1 is 1.67 bits per heavy atom. The van der Waals surface area contributed by atoms with Crippen LogP contribution in [-0.2, 0) is 0 Å². The average Bonchev–Trinajstić information content (AvgIpc) is 2.41. The molecule has 2 aliphatic rings. The van der Waals surface area contributed by atoms with Gasteiger partial charge in [0.05, 0.1) is 0 Å². The van der Waals surface area contributed by atoms with Crippen LogP contribution >= 0.6 is 0 Å². The van der Waals surface area contributed by atoms with E-state index in [0.717, 1.165) is 24.3 Å². The van der Waals surface area contributed by atoms with Crippen LogP contribution in [0.5, 0.6) is 0 Å². The topological polar surface area (TPSA) is 38.0 Å². The summed E-state index contributed by atoms with van der Waals surface area (Å²) >= 11 is 0. The summed E-state index contributed by atoms with van der Waals surface area (Å²) in [4.78, 5) is 0. The second kappa shape index (κ2) is 1.70. The van der Waals surface area contributed by atoms with Crippen LogP contribution in [0.3, 0.4) is 0 Å². The Morgan fingerprint density at radius 3 is 2.78 bits per heavy atom. The van der Waals surface area contributed by atoms with Gasteiger partial charge in [-0.05, 0) is 24.3 Å². The molecule has 2 rings (SSSR count). The molecule has 0 bridgehead atoms. The van der Waals surface area contributed by atoms with Crippen molar-refractivity contribution < 1.29 is 0 Å². The second-order valence-corrected chi connectivity index (χ2v) is 3.35. The van der Waals surface area contributed by atoms with E-state index in [2.05, 4.69) is 12.2 Å². The number of nitrogens with one attached hydrogen (secondary N) is 1. The van der Waals surface area contributed by atoms with Gasteiger partial charge in [0.15, 0.2) is 0 Å². The molecule has 9 heavy (non-hydrogen) atoms. The highest BCUT2D eigenvalue weighted by Crippen LogP contribution is 2.50. The van der Waals surface area contributed by atoms with Gasteiger partial charge in [0, 0.05) is 12.6 Å². The zero-order chi connectivity index (χ0) is 6.43. The molecule has 4 atom stereocenters. The Balaban J connectivity index is 1.99. The van der Waals surface area contributed by atoms with E-state index in [1.165, 1.54) is 6.54 Å². The molecule has 52 valence electrons. The van der Waals surface area contributed by atoms with Crippen molar-refractivity contribution in [3.05, 3.63) is 0 Å². The van der Waals surface area contributed by atoms with Gasteiger partial charge in [-0.25, -0.2) is 0 Å². The molecule has 1 saturated heterocycles. The van der Waals surface area contributed by atoms with Crippen molar-refractivity contribution in [3.8, 4) is 0 Å². The zero-order valence-corrected chi connectivity index (χ0v) is 5.80. The van der Waals surface area contributed by atoms with E-state index in [0.29, 0.717) is 6.04 Å². The monoisotopic (exact) mass is 126 g/mol. The molecule has 1 heterocycles. The van der Waals surface area contributed by atoms with E-state index in [9.17, 15) is 0 Å². The van der Waals surface area contributed by atoms with E-state index in [1.54, 1.807) is 0 Å². The summed E-state index contributed by atoms with van der Waals surface area (Å²) in [5, 5.41) is 3.41. The number of hydrogen-bond acceptors (Lipinski definition) is 2. The fraction of sp³-hybridized carbons (Fsp3) is 1.00. The first-order valence-electron chi connectivity index (χ1n) is 3.78. The molecule has 2 nitrogen and oxygen atoms in total. The normalized spacial score (nSPS) is 55.3. The maximum atomic E-state index is 5.55. The Hall–Kier alpha value is -0.0800. The van der Waals surface area contributed by atoms with Crippen molar-refractivity contribution in [2.24, 2.45) is 23.5 Å². The quantitative estimate of drug-likeness (QED) is 0.510. The van der Waals surface area contributed by atoms with Gasteiger partial charge in [-0.1, -0.05) is 6.92 Å². The van der Waals surface area contributed by atoms with Crippen LogP contribution in [0.25, 0.3) is 0 Å². The van der Waals surface area contributed by atoms with Crippen LogP contribution in [0.2, 0.25) is 0 Å². The van der Waals surface area contributed by atoms with Gasteiger partial charge in [-0.3, -0.25) is 0 Å². The summed E-state index contributed by atoms with van der Waals surface area (Å²) in [7, 11) is 0. The lowest BCUT2D eigenvalue weighted by atomic mass is 10.2. The van der Waals surface area contributed by atoms with Crippen LogP contribution in [0.1, 0.15) is 6.92 Å². The van der Waals surface area contributed by atoms with Crippen molar-refractivity contribution in [2.45, 2.75) is 13.0 Å². The molecule has 0 radical (unpaired) electrons. The third-order valence-corrected chi connectivity index (χ3v) is 2.97. The van der Waals surface area contributed by atoms with Gasteiger partial charge in [0.2, 0.25) is 0 Å². The molecule has 0 spiro atoms. The summed E-state index contributed by atoms with van der Waals surface area (Å²) in [5.41, 5.74) is 5.55. The molecule has 3 N–H and O–H groups in total. The number of nitrogens with two attached hydrogens (primary N) is 1. The first-order valence-corrected chi connectivity index (χ1v) is 3.78. The molecule has 0 aromatic rings. The van der Waals surface area contributed by atoms with Crippen LogP contribution in [-0.4, -0.2) is 19.1 Å². The van der Waals surface area contributed by atoms with E-state index in [-0.39, 0.29) is 0 Å². The summed E-state index contributed by atoms with van der Waals surface area (Å²) < 4.78 is 0. The summed E-state index contributed by atoms with van der Waals surface area (Å²) in [5.74, 6) is 2.85. The minimum Gasteiger partial charge on any atom is -0.329 e. The number of piperidine rings is 1. The standard InChI is InChI=1S/C7H14N2/c1-4-5-3-9-6(2-8)7(4)5/h4-7,9H,2-3,8H2,1H3/t4-,5+,6-,7-/m1/s1. The highest BCUT2D eigenvalue weighted by Gasteiger charge is 2.54. The van der Waals surface area contributed by atoms with Gasteiger partial charge in [0.1, 0.15) is 0 Å². The summed E-state index contributed by atoms with van der Waals surface area (Å²) in [6.07, 6.45) is 0. The zero-order valence-electron chi connectivity index (χ0n) is 5.80. The lowest BCUT2D eigenvalue weighted by Crippen LogP contribution is -2.34. The molecular formula is C7H14N2. The van der Waals surface area contributed by atoms with Crippen LogP contribution < -0.4 is 11.1 Å². The number of fused-ring (bicyclic) bond motifs is 1. The van der Waals surface area contributed by atoms with Gasteiger partial charge in [-0.2, -0.15) is 0 Å². The average molecular weight is 126 g/mol. The Kier molecular flexibility index (Phi) is 1.08. The van der Waals surface area contributed by atoms with Gasteiger partial charge < -0.3 is 11.1 Å². The predicted molar refractivity (Wildman–Crippen MR) is 37.0 cm³/mol. The van der Waals surface area contributed by atoms with E-state index in [4.69, 9.17) is 5.73 Å². The van der Waals surface area contributed by atoms with Crippen molar-refractivity contribution in [2.75, 3.05) is 13.1 Å². The Morgan fingerprint density at radius 2 is 2.44 bits per heavy atom. The number of rotatable bonds is 1. The highest BCUT2D eigenvalue weighted by atomic mass is 15.0. The third-order valence-electron chi connectivity index (χ3n) is 2.97. The molecular weight excluding hydrogens is 112 g/mol. The minimum atomic E-state index is 0.644. The van der Waals surface area contributed by atoms with E-state index < -0.39 is 0 Å². The SMILES string of the molecule is C[C@@H]1[C@@H]2CN[C@H](CN)[C@H]12. The Labute approximate surface area is 55.8 Å². The van der Waals surface area contributed by atoms with Crippen molar-refractivity contribution in [1.82, 2.24) is 5.32 Å². The first-order chi connectivity index (χ1) is 4.34. The molecule has 0 aromatic carbocycles. The van der Waals surface area contributed by atoms with E-state index >= 15 is 0 Å². The van der Waals surface area contributed by atoms with E-state index in [1.807, 2.05) is 0 Å². The third kappa shape index (κ3) is 0.634. The summed E-state index contributed by atoms with van der Waals surface area (Å²) in [6.45, 7) is 4.37. The van der Waals surface area contributed by atoms with Crippen molar-refractivity contribution in [1.29, 1.82) is 0 Å². The fourth-order valence-electron chi connectivity index (χ4n) is 2.23. The molecule has 2 heteroatoms. The molecule has 1 saturated carbocycles. The second-order valence-electron chi connectivity index (χ2n) is 3.35. The highest BCUT2D eigenvalue weighted by molar-refractivity contribution is 5.07. The van der Waals surface area contributed by atoms with Crippen LogP contribution in [0.15, 0.2) is 0 Å². The van der Waals surface area contributed by atoms with Crippen LogP contribution in [0.4, 0.5) is 0 Å². The lowest BCUT2D eigenvalue weighted by Gasteiger charge is -2.10. The molecule has 2 fully saturated rings. The van der Waals surface area contributed by atoms with Crippen LogP contribution in [0, 0.1) is 17.8 Å². The predicted octanol–water partition coefficient (Wildman–Crippen LogP) is -0.201. The first kappa shape index (κ1) is 5.69. The molecule has 0 unspecified atom stereocenters. The molecule has 0 aromatic heterocycles. The largest absolute Gasteiger partial charge is 0.329 e. The molecule has 1 aliphatic carbocycles. The molecule has 1 aliphatic heterocycles. The fourth-order valence-corrected chi connectivity index (χ4v) is 2.23. The van der Waals surface area contributed by atoms with Gasteiger partial charge in [-0.15, -0.1) is 0 Å².